The van der Waals surface area contributed by atoms with Gasteiger partial charge in [-0.25, -0.2) is 4.98 Å². The molecule has 0 aromatic carbocycles. The van der Waals surface area contributed by atoms with E-state index in [2.05, 4.69) is 26.7 Å². The molecule has 1 fully saturated rings. The van der Waals surface area contributed by atoms with Crippen molar-refractivity contribution in [2.45, 2.75) is 38.6 Å². The van der Waals surface area contributed by atoms with Crippen molar-refractivity contribution in [1.29, 1.82) is 0 Å². The summed E-state index contributed by atoms with van der Waals surface area (Å²) < 4.78 is 2.10. The zero-order chi connectivity index (χ0) is 13.7. The number of hydrogen-bond acceptors (Lipinski definition) is 2. The van der Waals surface area contributed by atoms with E-state index in [1.54, 1.807) is 6.20 Å². The summed E-state index contributed by atoms with van der Waals surface area (Å²) in [6.07, 6.45) is 8.45. The fraction of sp³-hybridized carbons (Fsp3) is 0.467. The lowest BCUT2D eigenvalue weighted by Crippen LogP contribution is -2.23. The van der Waals surface area contributed by atoms with Crippen molar-refractivity contribution >= 4 is 21.9 Å². The summed E-state index contributed by atoms with van der Waals surface area (Å²) in [6.45, 7) is 2.28. The van der Waals surface area contributed by atoms with E-state index in [4.69, 9.17) is 0 Å². The van der Waals surface area contributed by atoms with Crippen LogP contribution in [0.25, 0.3) is 21.9 Å². The SMILES string of the molecule is C[C@@H]1CCCC[C@@H]1n1[nH]c(=O)c2cnc3[nH]ccc3c21. The molecule has 0 radical (unpaired) electrons. The normalized spacial score (nSPS) is 23.6. The second-order valence-electron chi connectivity index (χ2n) is 5.90. The minimum absolute atomic E-state index is 0.0339. The molecule has 1 aliphatic carbocycles. The number of aromatic amines is 2. The molecule has 104 valence electrons. The monoisotopic (exact) mass is 270 g/mol. The second-order valence-corrected chi connectivity index (χ2v) is 5.90. The van der Waals surface area contributed by atoms with Crippen molar-refractivity contribution in [3.05, 3.63) is 28.8 Å². The van der Waals surface area contributed by atoms with Crippen LogP contribution in [0.3, 0.4) is 0 Å². The summed E-state index contributed by atoms with van der Waals surface area (Å²) in [6, 6.07) is 2.39. The maximum Gasteiger partial charge on any atom is 0.273 e. The van der Waals surface area contributed by atoms with Gasteiger partial charge in [0.25, 0.3) is 5.56 Å². The Labute approximate surface area is 116 Å². The van der Waals surface area contributed by atoms with Gasteiger partial charge < -0.3 is 4.98 Å². The first-order valence-electron chi connectivity index (χ1n) is 7.32. The fourth-order valence-corrected chi connectivity index (χ4v) is 3.57. The van der Waals surface area contributed by atoms with E-state index in [9.17, 15) is 4.79 Å². The third-order valence-electron chi connectivity index (χ3n) is 4.66. The first-order valence-corrected chi connectivity index (χ1v) is 7.32. The average molecular weight is 270 g/mol. The van der Waals surface area contributed by atoms with E-state index < -0.39 is 0 Å². The van der Waals surface area contributed by atoms with Crippen LogP contribution in [-0.2, 0) is 0 Å². The minimum Gasteiger partial charge on any atom is -0.346 e. The smallest absolute Gasteiger partial charge is 0.273 e. The molecule has 5 heteroatoms. The molecule has 20 heavy (non-hydrogen) atoms. The predicted molar refractivity (Wildman–Crippen MR) is 78.9 cm³/mol. The van der Waals surface area contributed by atoms with Gasteiger partial charge in [0.05, 0.1) is 16.9 Å². The van der Waals surface area contributed by atoms with Gasteiger partial charge in [-0.15, -0.1) is 0 Å². The maximum absolute atomic E-state index is 12.2. The number of fused-ring (bicyclic) bond motifs is 3. The Bertz CT molecular complexity index is 825. The second kappa shape index (κ2) is 4.23. The molecule has 0 unspecified atom stereocenters. The Morgan fingerprint density at radius 3 is 3.00 bits per heavy atom. The first kappa shape index (κ1) is 11.8. The van der Waals surface area contributed by atoms with E-state index in [0.29, 0.717) is 17.3 Å². The van der Waals surface area contributed by atoms with Gasteiger partial charge in [0.1, 0.15) is 5.65 Å². The van der Waals surface area contributed by atoms with Crippen LogP contribution in [0.5, 0.6) is 0 Å². The molecule has 2 N–H and O–H groups in total. The molecule has 0 bridgehead atoms. The number of rotatable bonds is 1. The van der Waals surface area contributed by atoms with E-state index >= 15 is 0 Å². The van der Waals surface area contributed by atoms with Gasteiger partial charge in [0, 0.05) is 17.8 Å². The summed E-state index contributed by atoms with van der Waals surface area (Å²) in [5.74, 6) is 0.595. The van der Waals surface area contributed by atoms with Crippen molar-refractivity contribution in [1.82, 2.24) is 19.7 Å². The lowest BCUT2D eigenvalue weighted by molar-refractivity contribution is 0.245. The highest BCUT2D eigenvalue weighted by atomic mass is 16.1. The van der Waals surface area contributed by atoms with E-state index in [1.807, 2.05) is 12.3 Å². The molecule has 0 amide bonds. The van der Waals surface area contributed by atoms with E-state index in [1.165, 1.54) is 19.3 Å². The minimum atomic E-state index is -0.0339. The highest BCUT2D eigenvalue weighted by Gasteiger charge is 2.26. The van der Waals surface area contributed by atoms with Crippen LogP contribution in [0.15, 0.2) is 23.3 Å². The number of nitrogens with one attached hydrogen (secondary N) is 2. The van der Waals surface area contributed by atoms with Gasteiger partial charge >= 0.3 is 0 Å². The van der Waals surface area contributed by atoms with Crippen molar-refractivity contribution in [3.8, 4) is 0 Å². The topological polar surface area (TPSA) is 66.5 Å². The number of aromatic nitrogens is 4. The van der Waals surface area contributed by atoms with E-state index in [-0.39, 0.29) is 5.56 Å². The van der Waals surface area contributed by atoms with Gasteiger partial charge in [-0.3, -0.25) is 14.6 Å². The van der Waals surface area contributed by atoms with Crippen molar-refractivity contribution in [3.63, 3.8) is 0 Å². The molecule has 3 aromatic rings. The Balaban J connectivity index is 2.03. The maximum atomic E-state index is 12.2. The molecule has 3 heterocycles. The van der Waals surface area contributed by atoms with Gasteiger partial charge in [0.2, 0.25) is 0 Å². The predicted octanol–water partition coefficient (Wildman–Crippen LogP) is 2.96. The average Bonchev–Trinajstić information content (AvgIpc) is 3.04. The molecular formula is C15H18N4O. The lowest BCUT2D eigenvalue weighted by Gasteiger charge is -2.30. The molecule has 0 aliphatic heterocycles. The number of nitrogens with zero attached hydrogens (tertiary/aromatic N) is 2. The van der Waals surface area contributed by atoms with Gasteiger partial charge in [-0.05, 0) is 24.8 Å². The van der Waals surface area contributed by atoms with Crippen LogP contribution in [-0.4, -0.2) is 19.7 Å². The van der Waals surface area contributed by atoms with Crippen LogP contribution in [0.2, 0.25) is 0 Å². The fourth-order valence-electron chi connectivity index (χ4n) is 3.57. The Kier molecular flexibility index (Phi) is 2.49. The van der Waals surface area contributed by atoms with Crippen LogP contribution < -0.4 is 5.56 Å². The molecule has 1 aliphatic rings. The third kappa shape index (κ3) is 1.55. The number of pyridine rings is 1. The van der Waals surface area contributed by atoms with Gasteiger partial charge in [-0.1, -0.05) is 19.8 Å². The quantitative estimate of drug-likeness (QED) is 0.714. The molecule has 0 spiro atoms. The highest BCUT2D eigenvalue weighted by molar-refractivity contribution is 6.02. The standard InChI is InChI=1S/C15H18N4O/c1-9-4-2-3-5-12(9)19-13-10-6-7-16-14(10)17-8-11(13)15(20)18-19/h6-9,12H,2-5H2,1H3,(H,16,17)(H,18,20)/t9-,12+/m1/s1. The van der Waals surface area contributed by atoms with Gasteiger partial charge in [0.15, 0.2) is 0 Å². The highest BCUT2D eigenvalue weighted by Crippen LogP contribution is 2.35. The molecule has 1 saturated carbocycles. The molecule has 2 atom stereocenters. The molecular weight excluding hydrogens is 252 g/mol. The first-order chi connectivity index (χ1) is 9.75. The van der Waals surface area contributed by atoms with Crippen LogP contribution in [0, 0.1) is 5.92 Å². The van der Waals surface area contributed by atoms with Crippen LogP contribution >= 0.6 is 0 Å². The van der Waals surface area contributed by atoms with Crippen LogP contribution in [0.1, 0.15) is 38.6 Å². The Morgan fingerprint density at radius 1 is 1.30 bits per heavy atom. The summed E-state index contributed by atoms with van der Waals surface area (Å²) >= 11 is 0. The molecule has 4 rings (SSSR count). The Hall–Kier alpha value is -2.04. The van der Waals surface area contributed by atoms with Crippen molar-refractivity contribution in [2.75, 3.05) is 0 Å². The number of hydrogen-bond donors (Lipinski definition) is 2. The zero-order valence-electron chi connectivity index (χ0n) is 11.5. The molecule has 5 nitrogen and oxygen atoms in total. The molecule has 0 saturated heterocycles. The van der Waals surface area contributed by atoms with Crippen molar-refractivity contribution in [2.24, 2.45) is 5.92 Å². The molecule has 3 aromatic heterocycles. The lowest BCUT2D eigenvalue weighted by atomic mass is 9.86. The van der Waals surface area contributed by atoms with Crippen molar-refractivity contribution < 1.29 is 0 Å². The number of H-pyrrole nitrogens is 2. The largest absolute Gasteiger partial charge is 0.346 e. The summed E-state index contributed by atoms with van der Waals surface area (Å²) in [4.78, 5) is 19.6. The van der Waals surface area contributed by atoms with Crippen LogP contribution in [0.4, 0.5) is 0 Å². The summed E-state index contributed by atoms with van der Waals surface area (Å²) in [5.41, 5.74) is 1.81. The van der Waals surface area contributed by atoms with Gasteiger partial charge in [-0.2, -0.15) is 0 Å². The third-order valence-corrected chi connectivity index (χ3v) is 4.66. The zero-order valence-corrected chi connectivity index (χ0v) is 11.5. The summed E-state index contributed by atoms with van der Waals surface area (Å²) in [7, 11) is 0. The van der Waals surface area contributed by atoms with E-state index in [0.717, 1.165) is 23.0 Å². The summed E-state index contributed by atoms with van der Waals surface area (Å²) in [5, 5.41) is 4.76. The Morgan fingerprint density at radius 2 is 2.15 bits per heavy atom.